The topological polar surface area (TPSA) is 88.9 Å². The zero-order valence-corrected chi connectivity index (χ0v) is 19.5. The molecule has 4 aromatic rings. The minimum Gasteiger partial charge on any atom is -0.324 e. The molecule has 1 aliphatic heterocycles. The van der Waals surface area contributed by atoms with Gasteiger partial charge in [-0.15, -0.1) is 5.10 Å². The zero-order valence-electron chi connectivity index (χ0n) is 17.9. The number of benzene rings is 3. The molecule has 1 aromatic heterocycles. The molecule has 0 aliphatic carbocycles. The lowest BCUT2D eigenvalue weighted by Gasteiger charge is -2.24. The van der Waals surface area contributed by atoms with Crippen LogP contribution in [0.5, 0.6) is 0 Å². The number of hydrogen-bond donors (Lipinski definition) is 2. The van der Waals surface area contributed by atoms with Gasteiger partial charge in [-0.1, -0.05) is 53.6 Å². The maximum atomic E-state index is 13.6. The molecule has 2 heterocycles. The lowest BCUT2D eigenvalue weighted by atomic mass is 10.0. The fourth-order valence-electron chi connectivity index (χ4n) is 3.63. The van der Waals surface area contributed by atoms with E-state index in [0.717, 1.165) is 22.4 Å². The fraction of sp³-hybridized carbons (Fsp3) is 0.0833. The highest BCUT2D eigenvalue weighted by atomic mass is 35.5. The van der Waals surface area contributed by atoms with Crippen LogP contribution in [-0.2, 0) is 10.0 Å². The maximum Gasteiger partial charge on any atom is 0.264 e. The Morgan fingerprint density at radius 2 is 1.68 bits per heavy atom. The Hall–Kier alpha value is -3.69. The van der Waals surface area contributed by atoms with Gasteiger partial charge in [0.25, 0.3) is 16.0 Å². The largest absolute Gasteiger partial charge is 0.324 e. The van der Waals surface area contributed by atoms with Gasteiger partial charge in [0, 0.05) is 10.7 Å². The summed E-state index contributed by atoms with van der Waals surface area (Å²) in [6.45, 7) is 1.88. The van der Waals surface area contributed by atoms with Crippen LogP contribution in [0.1, 0.15) is 22.7 Å². The first kappa shape index (κ1) is 22.1. The molecule has 0 amide bonds. The van der Waals surface area contributed by atoms with Gasteiger partial charge in [-0.05, 0) is 60.5 Å². The van der Waals surface area contributed by atoms with E-state index in [0.29, 0.717) is 11.0 Å². The minimum atomic E-state index is -3.89. The summed E-state index contributed by atoms with van der Waals surface area (Å²) in [5, 5.41) is 8.19. The highest BCUT2D eigenvalue weighted by Crippen LogP contribution is 2.34. The van der Waals surface area contributed by atoms with Crippen molar-refractivity contribution in [3.8, 4) is 0 Å². The molecule has 0 spiro atoms. The number of aromatic nitrogens is 3. The summed E-state index contributed by atoms with van der Waals surface area (Å²) in [4.78, 5) is 4.48. The van der Waals surface area contributed by atoms with Crippen molar-refractivity contribution < 1.29 is 12.8 Å². The van der Waals surface area contributed by atoms with Crippen LogP contribution >= 0.6 is 11.6 Å². The summed E-state index contributed by atoms with van der Waals surface area (Å²) >= 11 is 6.03. The van der Waals surface area contributed by atoms with Gasteiger partial charge >= 0.3 is 0 Å². The van der Waals surface area contributed by atoms with Crippen LogP contribution in [0.4, 0.5) is 16.3 Å². The monoisotopic (exact) mass is 495 g/mol. The first-order valence-corrected chi connectivity index (χ1v) is 12.2. The molecule has 0 unspecified atom stereocenters. The summed E-state index contributed by atoms with van der Waals surface area (Å²) < 4.78 is 43.2. The third kappa shape index (κ3) is 4.40. The number of nitrogens with one attached hydrogen (secondary N) is 2. The normalized spacial score (nSPS) is 15.3. The molecular weight excluding hydrogens is 477 g/mol. The molecule has 2 N–H and O–H groups in total. The lowest BCUT2D eigenvalue weighted by molar-refractivity contribution is 0.597. The Morgan fingerprint density at radius 3 is 2.35 bits per heavy atom. The number of nitrogens with zero attached hydrogens (tertiary/aromatic N) is 3. The van der Waals surface area contributed by atoms with Crippen molar-refractivity contribution in [2.75, 3.05) is 10.0 Å². The van der Waals surface area contributed by atoms with Gasteiger partial charge in [-0.3, -0.25) is 0 Å². The summed E-state index contributed by atoms with van der Waals surface area (Å²) in [5.41, 5.74) is 3.29. The summed E-state index contributed by atoms with van der Waals surface area (Å²) in [5.74, 6) is -0.103. The summed E-state index contributed by atoms with van der Waals surface area (Å²) in [6.07, 6.45) is 1.91. The fourth-order valence-corrected chi connectivity index (χ4v) is 4.69. The zero-order chi connectivity index (χ0) is 23.9. The van der Waals surface area contributed by atoms with E-state index in [2.05, 4.69) is 20.1 Å². The van der Waals surface area contributed by atoms with Gasteiger partial charge in [-0.25, -0.2) is 22.2 Å². The van der Waals surface area contributed by atoms with E-state index in [4.69, 9.17) is 11.6 Å². The predicted molar refractivity (Wildman–Crippen MR) is 130 cm³/mol. The van der Waals surface area contributed by atoms with Gasteiger partial charge in [-0.2, -0.15) is 4.98 Å². The highest BCUT2D eigenvalue weighted by molar-refractivity contribution is 7.92. The van der Waals surface area contributed by atoms with Crippen molar-refractivity contribution in [2.45, 2.75) is 17.9 Å². The average Bonchev–Trinajstić information content (AvgIpc) is 3.21. The van der Waals surface area contributed by atoms with Crippen molar-refractivity contribution >= 4 is 39.2 Å². The van der Waals surface area contributed by atoms with E-state index in [1.54, 1.807) is 41.1 Å². The van der Waals surface area contributed by atoms with Gasteiger partial charge in [0.05, 0.1) is 4.90 Å². The van der Waals surface area contributed by atoms with Crippen molar-refractivity contribution in [1.82, 2.24) is 14.8 Å². The number of fused-ring (bicyclic) bond motifs is 1. The Morgan fingerprint density at radius 1 is 1.00 bits per heavy atom. The van der Waals surface area contributed by atoms with Gasteiger partial charge in [0.15, 0.2) is 0 Å². The molecule has 0 saturated carbocycles. The molecule has 0 fully saturated rings. The van der Waals surface area contributed by atoms with E-state index in [1.165, 1.54) is 24.3 Å². The molecule has 34 heavy (non-hydrogen) atoms. The van der Waals surface area contributed by atoms with Crippen LogP contribution in [0.25, 0.3) is 5.70 Å². The number of sulfonamides is 1. The lowest BCUT2D eigenvalue weighted by Crippen LogP contribution is -2.20. The molecule has 0 saturated heterocycles. The molecule has 5 rings (SSSR count). The number of rotatable bonds is 5. The van der Waals surface area contributed by atoms with Crippen molar-refractivity contribution in [3.05, 3.63) is 106 Å². The summed E-state index contributed by atoms with van der Waals surface area (Å²) in [6, 6.07) is 19.3. The minimum absolute atomic E-state index is 0.0825. The van der Waals surface area contributed by atoms with Crippen molar-refractivity contribution in [1.29, 1.82) is 0 Å². The van der Waals surface area contributed by atoms with E-state index in [9.17, 15) is 12.8 Å². The standard InChI is InChI=1S/C24H19ClFN5O2S/c1-15-2-12-20(13-3-15)34(32,33)30-23-28-24-27-21(16-4-8-18(25)9-5-16)14-22(31(24)29-23)17-6-10-19(26)11-7-17/h2-14,22H,1H3,(H2,27,28,29,30)/t22-/m0/s1. The second-order valence-electron chi connectivity index (χ2n) is 7.83. The molecule has 1 atom stereocenters. The number of anilines is 2. The Labute approximate surface area is 201 Å². The molecule has 10 heteroatoms. The van der Waals surface area contributed by atoms with Crippen LogP contribution in [0, 0.1) is 12.7 Å². The third-order valence-corrected chi connectivity index (χ3v) is 6.99. The smallest absolute Gasteiger partial charge is 0.264 e. The molecule has 3 aromatic carbocycles. The average molecular weight is 496 g/mol. The maximum absolute atomic E-state index is 13.6. The van der Waals surface area contributed by atoms with E-state index in [1.807, 2.05) is 25.1 Å². The molecule has 172 valence electrons. The predicted octanol–water partition coefficient (Wildman–Crippen LogP) is 5.24. The Kier molecular flexibility index (Phi) is 5.59. The van der Waals surface area contributed by atoms with Crippen LogP contribution in [0.15, 0.2) is 83.8 Å². The quantitative estimate of drug-likeness (QED) is 0.395. The van der Waals surface area contributed by atoms with Crippen LogP contribution in [0.2, 0.25) is 5.02 Å². The first-order chi connectivity index (χ1) is 16.3. The van der Waals surface area contributed by atoms with E-state index < -0.39 is 16.1 Å². The number of hydrogen-bond acceptors (Lipinski definition) is 5. The van der Waals surface area contributed by atoms with Crippen molar-refractivity contribution in [3.63, 3.8) is 0 Å². The Balaban J connectivity index is 1.53. The van der Waals surface area contributed by atoms with Gasteiger partial charge in [0.2, 0.25) is 5.95 Å². The molecule has 1 aliphatic rings. The summed E-state index contributed by atoms with van der Waals surface area (Å²) in [7, 11) is -3.89. The van der Waals surface area contributed by atoms with Crippen LogP contribution in [-0.4, -0.2) is 23.2 Å². The van der Waals surface area contributed by atoms with Gasteiger partial charge < -0.3 is 5.32 Å². The first-order valence-electron chi connectivity index (χ1n) is 10.3. The number of halogens is 2. The molecule has 0 radical (unpaired) electrons. The Bertz CT molecular complexity index is 1480. The third-order valence-electron chi connectivity index (χ3n) is 5.39. The van der Waals surface area contributed by atoms with Crippen LogP contribution in [0.3, 0.4) is 0 Å². The molecule has 7 nitrogen and oxygen atoms in total. The highest BCUT2D eigenvalue weighted by Gasteiger charge is 2.27. The van der Waals surface area contributed by atoms with E-state index >= 15 is 0 Å². The molecule has 0 bridgehead atoms. The number of aryl methyl sites for hydroxylation is 1. The van der Waals surface area contributed by atoms with Gasteiger partial charge in [0.1, 0.15) is 11.9 Å². The second-order valence-corrected chi connectivity index (χ2v) is 9.95. The van der Waals surface area contributed by atoms with E-state index in [-0.39, 0.29) is 16.7 Å². The molecular formula is C24H19ClFN5O2S. The van der Waals surface area contributed by atoms with Crippen LogP contribution < -0.4 is 10.0 Å². The SMILES string of the molecule is Cc1ccc(S(=O)(=O)Nc2nc3n(n2)[C@H](c2ccc(F)cc2)C=C(c2ccc(Cl)cc2)N3)cc1. The van der Waals surface area contributed by atoms with Crippen molar-refractivity contribution in [2.24, 2.45) is 0 Å². The second kappa shape index (κ2) is 8.58. The number of allylic oxidation sites excluding steroid dienone is 1.